The molecule has 0 unspecified atom stereocenters. The van der Waals surface area contributed by atoms with E-state index in [9.17, 15) is 0 Å². The molecule has 1 aliphatic heterocycles. The van der Waals surface area contributed by atoms with Crippen molar-refractivity contribution >= 4 is 38.2 Å². The number of piperazine rings is 1. The summed E-state index contributed by atoms with van der Waals surface area (Å²) in [4.78, 5) is 17.5. The summed E-state index contributed by atoms with van der Waals surface area (Å²) in [5.41, 5.74) is 0. The second kappa shape index (κ2) is 5.19. The molecule has 3 heterocycles. The fourth-order valence-electron chi connectivity index (χ4n) is 1.97. The average molecular weight is 326 g/mol. The van der Waals surface area contributed by atoms with Gasteiger partial charge < -0.3 is 9.80 Å². The van der Waals surface area contributed by atoms with Gasteiger partial charge in [-0.3, -0.25) is 0 Å². The molecular weight excluding hydrogens is 314 g/mol. The number of rotatable bonds is 2. The maximum absolute atomic E-state index is 4.37. The summed E-state index contributed by atoms with van der Waals surface area (Å²) in [7, 11) is 0. The number of thiazole rings is 1. The van der Waals surface area contributed by atoms with Crippen LogP contribution >= 0.6 is 27.3 Å². The quantitative estimate of drug-likeness (QED) is 0.845. The van der Waals surface area contributed by atoms with Crippen LogP contribution in [0.15, 0.2) is 28.6 Å². The zero-order valence-corrected chi connectivity index (χ0v) is 12.1. The van der Waals surface area contributed by atoms with Crippen molar-refractivity contribution in [1.82, 2.24) is 15.0 Å². The van der Waals surface area contributed by atoms with E-state index < -0.39 is 0 Å². The topological polar surface area (TPSA) is 45.2 Å². The van der Waals surface area contributed by atoms with E-state index in [4.69, 9.17) is 0 Å². The van der Waals surface area contributed by atoms with Crippen molar-refractivity contribution in [2.24, 2.45) is 0 Å². The number of anilines is 2. The Labute approximate surface area is 118 Å². The second-order valence-corrected chi connectivity index (χ2v) is 5.67. The summed E-state index contributed by atoms with van der Waals surface area (Å²) < 4.78 is 0.771. The van der Waals surface area contributed by atoms with Crippen LogP contribution in [-0.2, 0) is 0 Å². The van der Waals surface area contributed by atoms with Crippen LogP contribution in [0.2, 0.25) is 0 Å². The van der Waals surface area contributed by atoms with Crippen molar-refractivity contribution in [2.75, 3.05) is 36.0 Å². The van der Waals surface area contributed by atoms with E-state index in [0.717, 1.165) is 41.7 Å². The lowest BCUT2D eigenvalue weighted by Gasteiger charge is -2.35. The highest BCUT2D eigenvalue weighted by atomic mass is 79.9. The summed E-state index contributed by atoms with van der Waals surface area (Å²) in [6.45, 7) is 3.86. The molecule has 3 rings (SSSR count). The monoisotopic (exact) mass is 325 g/mol. The van der Waals surface area contributed by atoms with Crippen LogP contribution in [0, 0.1) is 0 Å². The highest BCUT2D eigenvalue weighted by Crippen LogP contribution is 2.20. The number of halogens is 1. The minimum Gasteiger partial charge on any atom is -0.352 e. The molecule has 1 saturated heterocycles. The van der Waals surface area contributed by atoms with Crippen molar-refractivity contribution < 1.29 is 0 Å². The van der Waals surface area contributed by atoms with Gasteiger partial charge in [0.25, 0.3) is 0 Å². The van der Waals surface area contributed by atoms with Crippen molar-refractivity contribution in [1.29, 1.82) is 0 Å². The van der Waals surface area contributed by atoms with Gasteiger partial charge in [0.05, 0.1) is 12.4 Å². The van der Waals surface area contributed by atoms with Gasteiger partial charge in [-0.2, -0.15) is 0 Å². The summed E-state index contributed by atoms with van der Waals surface area (Å²) in [5, 5.41) is 3.12. The first kappa shape index (κ1) is 11.9. The Morgan fingerprint density at radius 2 is 1.78 bits per heavy atom. The molecule has 0 atom stereocenters. The average Bonchev–Trinajstić information content (AvgIpc) is 2.94. The zero-order chi connectivity index (χ0) is 12.4. The van der Waals surface area contributed by atoms with E-state index in [1.165, 1.54) is 0 Å². The maximum atomic E-state index is 4.37. The van der Waals surface area contributed by atoms with Crippen LogP contribution in [0.1, 0.15) is 0 Å². The van der Waals surface area contributed by atoms with E-state index in [2.05, 4.69) is 40.7 Å². The smallest absolute Gasteiger partial charge is 0.185 e. The van der Waals surface area contributed by atoms with Crippen LogP contribution in [-0.4, -0.2) is 41.1 Å². The summed E-state index contributed by atoms with van der Waals surface area (Å²) in [6.07, 6.45) is 5.40. The highest BCUT2D eigenvalue weighted by Gasteiger charge is 2.19. The molecule has 0 spiro atoms. The molecule has 7 heteroatoms. The summed E-state index contributed by atoms with van der Waals surface area (Å²) >= 11 is 4.99. The molecule has 0 aliphatic carbocycles. The van der Waals surface area contributed by atoms with E-state index in [-0.39, 0.29) is 0 Å². The third-order valence-electron chi connectivity index (χ3n) is 2.90. The Morgan fingerprint density at radius 3 is 2.39 bits per heavy atom. The maximum Gasteiger partial charge on any atom is 0.185 e. The molecule has 0 radical (unpaired) electrons. The summed E-state index contributed by atoms with van der Waals surface area (Å²) in [5.74, 6) is 0.942. The Bertz CT molecular complexity index is 493. The SMILES string of the molecule is Brc1cnc(N2CCN(c3nccs3)CC2)cn1. The minimum absolute atomic E-state index is 0.771. The molecule has 0 bridgehead atoms. The molecule has 0 N–H and O–H groups in total. The lowest BCUT2D eigenvalue weighted by Crippen LogP contribution is -2.46. The highest BCUT2D eigenvalue weighted by molar-refractivity contribution is 9.10. The molecule has 1 aliphatic rings. The third kappa shape index (κ3) is 2.46. The molecule has 94 valence electrons. The summed E-state index contributed by atoms with van der Waals surface area (Å²) in [6, 6.07) is 0. The van der Waals surface area contributed by atoms with Crippen LogP contribution in [0.4, 0.5) is 10.9 Å². The van der Waals surface area contributed by atoms with Crippen molar-refractivity contribution in [3.8, 4) is 0 Å². The van der Waals surface area contributed by atoms with Crippen LogP contribution in [0.5, 0.6) is 0 Å². The van der Waals surface area contributed by atoms with Gasteiger partial charge >= 0.3 is 0 Å². The Balaban J connectivity index is 1.65. The third-order valence-corrected chi connectivity index (χ3v) is 4.14. The van der Waals surface area contributed by atoms with E-state index >= 15 is 0 Å². The van der Waals surface area contributed by atoms with E-state index in [1.807, 2.05) is 17.8 Å². The van der Waals surface area contributed by atoms with Gasteiger partial charge in [0.2, 0.25) is 0 Å². The Kier molecular flexibility index (Phi) is 3.42. The Hall–Kier alpha value is -1.21. The number of hydrogen-bond donors (Lipinski definition) is 0. The Morgan fingerprint density at radius 1 is 1.00 bits per heavy atom. The molecule has 0 saturated carbocycles. The van der Waals surface area contributed by atoms with Gasteiger partial charge in [-0.25, -0.2) is 15.0 Å². The predicted molar refractivity (Wildman–Crippen MR) is 76.3 cm³/mol. The van der Waals surface area contributed by atoms with Crippen LogP contribution in [0.25, 0.3) is 0 Å². The standard InChI is InChI=1S/C11H12BrN5S/c12-9-7-15-10(8-14-9)16-2-4-17(5-3-16)11-13-1-6-18-11/h1,6-8H,2-5H2. The van der Waals surface area contributed by atoms with Crippen molar-refractivity contribution in [2.45, 2.75) is 0 Å². The van der Waals surface area contributed by atoms with Gasteiger partial charge in [0.15, 0.2) is 5.13 Å². The molecule has 18 heavy (non-hydrogen) atoms. The number of hydrogen-bond acceptors (Lipinski definition) is 6. The van der Waals surface area contributed by atoms with Gasteiger partial charge in [-0.15, -0.1) is 11.3 Å². The molecule has 1 fully saturated rings. The van der Waals surface area contributed by atoms with E-state index in [1.54, 1.807) is 17.5 Å². The fourth-order valence-corrected chi connectivity index (χ4v) is 2.87. The molecule has 2 aromatic heterocycles. The lowest BCUT2D eigenvalue weighted by molar-refractivity contribution is 0.645. The second-order valence-electron chi connectivity index (χ2n) is 3.99. The van der Waals surface area contributed by atoms with Gasteiger partial charge in [0, 0.05) is 37.8 Å². The van der Waals surface area contributed by atoms with Gasteiger partial charge in [-0.05, 0) is 15.9 Å². The zero-order valence-electron chi connectivity index (χ0n) is 9.66. The molecule has 5 nitrogen and oxygen atoms in total. The fraction of sp³-hybridized carbons (Fsp3) is 0.364. The van der Waals surface area contributed by atoms with Crippen LogP contribution < -0.4 is 9.80 Å². The van der Waals surface area contributed by atoms with Crippen molar-refractivity contribution in [3.05, 3.63) is 28.6 Å². The number of nitrogens with zero attached hydrogens (tertiary/aromatic N) is 5. The molecule has 2 aromatic rings. The van der Waals surface area contributed by atoms with Crippen LogP contribution in [0.3, 0.4) is 0 Å². The largest absolute Gasteiger partial charge is 0.352 e. The van der Waals surface area contributed by atoms with Crippen molar-refractivity contribution in [3.63, 3.8) is 0 Å². The molecule has 0 amide bonds. The van der Waals surface area contributed by atoms with Gasteiger partial charge in [-0.1, -0.05) is 0 Å². The molecular formula is C11H12BrN5S. The first-order chi connectivity index (χ1) is 8.83. The number of aromatic nitrogens is 3. The first-order valence-corrected chi connectivity index (χ1v) is 7.37. The predicted octanol–water partition coefficient (Wildman–Crippen LogP) is 2.02. The minimum atomic E-state index is 0.771. The first-order valence-electron chi connectivity index (χ1n) is 5.70. The van der Waals surface area contributed by atoms with Gasteiger partial charge in [0.1, 0.15) is 10.4 Å². The lowest BCUT2D eigenvalue weighted by atomic mass is 10.3. The van der Waals surface area contributed by atoms with E-state index in [0.29, 0.717) is 0 Å². The normalized spacial score (nSPS) is 16.1. The molecule has 0 aromatic carbocycles.